The van der Waals surface area contributed by atoms with Crippen molar-refractivity contribution in [3.05, 3.63) is 102 Å². The predicted molar refractivity (Wildman–Crippen MR) is 113 cm³/mol. The Kier molecular flexibility index (Phi) is 5.03. The first-order valence-electron chi connectivity index (χ1n) is 9.22. The van der Waals surface area contributed by atoms with Crippen molar-refractivity contribution in [1.29, 1.82) is 0 Å². The molecule has 1 atom stereocenters. The van der Waals surface area contributed by atoms with E-state index in [0.29, 0.717) is 20.6 Å². The highest BCUT2D eigenvalue weighted by Gasteiger charge is 2.33. The van der Waals surface area contributed by atoms with Crippen molar-refractivity contribution in [2.75, 3.05) is 7.11 Å². The van der Waals surface area contributed by atoms with E-state index in [1.807, 2.05) is 67.6 Å². The highest BCUT2D eigenvalue weighted by atomic mass is 32.1. The number of ether oxygens (including phenoxy) is 1. The molecular formula is C23H20N2O3S. The first-order valence-corrected chi connectivity index (χ1v) is 10.0. The van der Waals surface area contributed by atoms with Crippen LogP contribution in [0.1, 0.15) is 29.7 Å². The van der Waals surface area contributed by atoms with Gasteiger partial charge in [-0.25, -0.2) is 9.79 Å². The van der Waals surface area contributed by atoms with Crippen molar-refractivity contribution < 1.29 is 9.53 Å². The average molecular weight is 404 g/mol. The minimum absolute atomic E-state index is 0.169. The first kappa shape index (κ1) is 19.1. The molecule has 0 N–H and O–H groups in total. The van der Waals surface area contributed by atoms with Gasteiger partial charge in [0.2, 0.25) is 0 Å². The standard InChI is InChI=1S/C23H20N2O3S/c1-14-8-7-11-17(12-14)20-19(22(27)28-3)15(2)24-23-25(20)21(26)18(29-23)13-16-9-5-4-6-10-16/h4-13,20H,1-3H3/b18-13+. The fourth-order valence-corrected chi connectivity index (χ4v) is 4.60. The van der Waals surface area contributed by atoms with Crippen LogP contribution in [0.15, 0.2) is 75.7 Å². The lowest BCUT2D eigenvalue weighted by Gasteiger charge is -2.24. The van der Waals surface area contributed by atoms with Crippen LogP contribution < -0.4 is 14.9 Å². The maximum atomic E-state index is 13.4. The molecule has 0 spiro atoms. The van der Waals surface area contributed by atoms with Crippen LogP contribution in [0.25, 0.3) is 6.08 Å². The normalized spacial score (nSPS) is 16.4. The molecule has 1 aromatic heterocycles. The molecule has 1 aliphatic heterocycles. The number of hydrogen-bond acceptors (Lipinski definition) is 5. The van der Waals surface area contributed by atoms with Gasteiger partial charge in [0, 0.05) is 0 Å². The van der Waals surface area contributed by atoms with Crippen LogP contribution in [0.5, 0.6) is 0 Å². The number of thiazole rings is 1. The zero-order valence-corrected chi connectivity index (χ0v) is 17.2. The fourth-order valence-electron chi connectivity index (χ4n) is 3.55. The monoisotopic (exact) mass is 404 g/mol. The Hall–Kier alpha value is -3.25. The van der Waals surface area contributed by atoms with Crippen LogP contribution in [-0.2, 0) is 9.53 Å². The van der Waals surface area contributed by atoms with Gasteiger partial charge in [0.1, 0.15) is 0 Å². The molecule has 0 bridgehead atoms. The number of esters is 1. The second-order valence-electron chi connectivity index (χ2n) is 6.90. The molecule has 146 valence electrons. The van der Waals surface area contributed by atoms with Crippen molar-refractivity contribution in [2.24, 2.45) is 4.99 Å². The minimum Gasteiger partial charge on any atom is -0.466 e. The maximum absolute atomic E-state index is 13.4. The molecule has 6 heteroatoms. The number of aromatic nitrogens is 1. The van der Waals surface area contributed by atoms with Gasteiger partial charge in [0.05, 0.1) is 29.0 Å². The third kappa shape index (κ3) is 3.47. The summed E-state index contributed by atoms with van der Waals surface area (Å²) in [7, 11) is 1.34. The Labute approximate surface area is 171 Å². The molecular weight excluding hydrogens is 384 g/mol. The van der Waals surface area contributed by atoms with Crippen molar-refractivity contribution >= 4 is 23.4 Å². The number of hydrogen-bond donors (Lipinski definition) is 0. The van der Waals surface area contributed by atoms with E-state index in [-0.39, 0.29) is 5.56 Å². The van der Waals surface area contributed by atoms with E-state index in [1.165, 1.54) is 18.4 Å². The summed E-state index contributed by atoms with van der Waals surface area (Å²) in [4.78, 5) is 31.1. The smallest absolute Gasteiger partial charge is 0.338 e. The van der Waals surface area contributed by atoms with E-state index >= 15 is 0 Å². The summed E-state index contributed by atoms with van der Waals surface area (Å²) in [6.07, 6.45) is 1.86. The third-order valence-electron chi connectivity index (χ3n) is 4.88. The molecule has 0 amide bonds. The Morgan fingerprint density at radius 2 is 1.90 bits per heavy atom. The lowest BCUT2D eigenvalue weighted by atomic mass is 9.95. The molecule has 2 heterocycles. The molecule has 0 fully saturated rings. The van der Waals surface area contributed by atoms with Gasteiger partial charge in [-0.15, -0.1) is 0 Å². The molecule has 0 radical (unpaired) electrons. The highest BCUT2D eigenvalue weighted by Crippen LogP contribution is 2.30. The lowest BCUT2D eigenvalue weighted by molar-refractivity contribution is -0.136. The molecule has 0 saturated carbocycles. The van der Waals surface area contributed by atoms with Gasteiger partial charge in [-0.1, -0.05) is 71.5 Å². The van der Waals surface area contributed by atoms with Crippen LogP contribution >= 0.6 is 11.3 Å². The summed E-state index contributed by atoms with van der Waals surface area (Å²) in [6.45, 7) is 3.76. The van der Waals surface area contributed by atoms with Crippen LogP contribution in [-0.4, -0.2) is 17.6 Å². The summed E-state index contributed by atoms with van der Waals surface area (Å²) in [5.74, 6) is -0.477. The zero-order valence-electron chi connectivity index (χ0n) is 16.4. The van der Waals surface area contributed by atoms with Gasteiger partial charge in [0.25, 0.3) is 5.56 Å². The number of carbonyl (C=O) groups excluding carboxylic acids is 1. The fraction of sp³-hybridized carbons (Fsp3) is 0.174. The van der Waals surface area contributed by atoms with Crippen molar-refractivity contribution in [2.45, 2.75) is 19.9 Å². The lowest BCUT2D eigenvalue weighted by Crippen LogP contribution is -2.39. The van der Waals surface area contributed by atoms with E-state index in [0.717, 1.165) is 16.7 Å². The van der Waals surface area contributed by atoms with Crippen LogP contribution in [0.2, 0.25) is 0 Å². The van der Waals surface area contributed by atoms with Crippen molar-refractivity contribution in [3.8, 4) is 0 Å². The number of aryl methyl sites for hydroxylation is 1. The molecule has 5 nitrogen and oxygen atoms in total. The van der Waals surface area contributed by atoms with E-state index in [9.17, 15) is 9.59 Å². The third-order valence-corrected chi connectivity index (χ3v) is 5.87. The van der Waals surface area contributed by atoms with Crippen LogP contribution in [0, 0.1) is 6.92 Å². The Morgan fingerprint density at radius 3 is 2.59 bits per heavy atom. The maximum Gasteiger partial charge on any atom is 0.338 e. The van der Waals surface area contributed by atoms with Gasteiger partial charge in [-0.05, 0) is 31.1 Å². The quantitative estimate of drug-likeness (QED) is 0.631. The molecule has 0 saturated heterocycles. The number of fused-ring (bicyclic) bond motifs is 1. The average Bonchev–Trinajstić information content (AvgIpc) is 3.02. The first-order chi connectivity index (χ1) is 14.0. The van der Waals surface area contributed by atoms with E-state index in [2.05, 4.69) is 4.99 Å². The molecule has 0 aliphatic carbocycles. The summed E-state index contributed by atoms with van der Waals surface area (Å²) < 4.78 is 7.20. The van der Waals surface area contributed by atoms with Gasteiger partial charge >= 0.3 is 5.97 Å². The molecule has 1 aliphatic rings. The zero-order chi connectivity index (χ0) is 20.5. The number of benzene rings is 2. The predicted octanol–water partition coefficient (Wildman–Crippen LogP) is 2.72. The number of methoxy groups -OCH3 is 1. The topological polar surface area (TPSA) is 60.7 Å². The summed E-state index contributed by atoms with van der Waals surface area (Å²) >= 11 is 1.33. The van der Waals surface area contributed by atoms with Crippen LogP contribution in [0.4, 0.5) is 0 Å². The molecule has 2 aromatic carbocycles. The Bertz CT molecular complexity index is 1300. The van der Waals surface area contributed by atoms with E-state index < -0.39 is 12.0 Å². The van der Waals surface area contributed by atoms with Crippen LogP contribution in [0.3, 0.4) is 0 Å². The molecule has 4 rings (SSSR count). The number of allylic oxidation sites excluding steroid dienone is 1. The summed E-state index contributed by atoms with van der Waals surface area (Å²) in [6, 6.07) is 16.9. The number of carbonyl (C=O) groups is 1. The second-order valence-corrected chi connectivity index (χ2v) is 7.91. The van der Waals surface area contributed by atoms with Gasteiger partial charge in [-0.3, -0.25) is 9.36 Å². The van der Waals surface area contributed by atoms with E-state index in [4.69, 9.17) is 4.74 Å². The van der Waals surface area contributed by atoms with E-state index in [1.54, 1.807) is 11.5 Å². The largest absolute Gasteiger partial charge is 0.466 e. The molecule has 3 aromatic rings. The SMILES string of the molecule is COC(=O)C1=C(C)N=c2s/c(=C/c3ccccc3)c(=O)n2C1c1cccc(C)c1. The van der Waals surface area contributed by atoms with Crippen molar-refractivity contribution in [3.63, 3.8) is 0 Å². The second kappa shape index (κ2) is 7.64. The summed E-state index contributed by atoms with van der Waals surface area (Å²) in [5, 5.41) is 0. The van der Waals surface area contributed by atoms with Gasteiger partial charge in [0.15, 0.2) is 4.80 Å². The van der Waals surface area contributed by atoms with Gasteiger partial charge < -0.3 is 4.74 Å². The van der Waals surface area contributed by atoms with Gasteiger partial charge in [-0.2, -0.15) is 0 Å². The minimum atomic E-state index is -0.573. The highest BCUT2D eigenvalue weighted by molar-refractivity contribution is 7.07. The Morgan fingerprint density at radius 1 is 1.14 bits per heavy atom. The Balaban J connectivity index is 2.00. The molecule has 1 unspecified atom stereocenters. The number of rotatable bonds is 3. The summed E-state index contributed by atoms with van der Waals surface area (Å²) in [5.41, 5.74) is 3.62. The number of nitrogens with zero attached hydrogens (tertiary/aromatic N) is 2. The van der Waals surface area contributed by atoms with Crippen molar-refractivity contribution in [1.82, 2.24) is 4.57 Å². The molecule has 29 heavy (non-hydrogen) atoms.